The minimum absolute atomic E-state index is 0. The zero-order valence-electron chi connectivity index (χ0n) is 33.6. The van der Waals surface area contributed by atoms with Crippen molar-refractivity contribution < 1.29 is 77.8 Å². The number of carbonyl (C=O) groups is 2. The van der Waals surface area contributed by atoms with Crippen LogP contribution in [-0.2, 0) is 48.0 Å². The number of hydrazone groups is 1. The van der Waals surface area contributed by atoms with Gasteiger partial charge < -0.3 is 30.0 Å². The van der Waals surface area contributed by atoms with Crippen molar-refractivity contribution in [3.63, 3.8) is 0 Å². The number of rotatable bonds is 4. The summed E-state index contributed by atoms with van der Waals surface area (Å²) in [6.07, 6.45) is -0.838. The molecule has 0 atom stereocenters. The van der Waals surface area contributed by atoms with Gasteiger partial charge in [0, 0.05) is 46.3 Å². The van der Waals surface area contributed by atoms with Gasteiger partial charge in [0.2, 0.25) is 6.21 Å². The number of carboxylic acid groups (broad SMARTS) is 2. The molecule has 0 unspecified atom stereocenters. The molecule has 1 aliphatic carbocycles. The van der Waals surface area contributed by atoms with E-state index in [0.29, 0.717) is 11.5 Å². The van der Waals surface area contributed by atoms with E-state index in [-0.39, 0.29) is 44.5 Å². The SMILES string of the molecule is CC(C)(C)c1cc(C=N[N+](=Cc2cc(C(C)(C)C)cc(C(C)(C)C)c2O)C2CCCCC2)c(O)c(C(C)(C)C)c1.O=C([O-])C(F)(F)F.O=C([O-])C(F)(F)F.[Co]. The van der Waals surface area contributed by atoms with Crippen LogP contribution in [0.5, 0.6) is 11.5 Å². The molecule has 313 valence electrons. The number of benzene rings is 2. The van der Waals surface area contributed by atoms with Gasteiger partial charge in [0.1, 0.15) is 29.7 Å². The number of phenols is 2. The van der Waals surface area contributed by atoms with Gasteiger partial charge in [0.25, 0.3) is 0 Å². The predicted molar refractivity (Wildman–Crippen MR) is 193 cm³/mol. The summed E-state index contributed by atoms with van der Waals surface area (Å²) in [6, 6.07) is 8.73. The standard InChI is InChI=1S/C36H54N2O2.2C2HF3O2.Co/c1-33(2,3)26-18-24(31(39)29(20-26)35(7,8)9)22-37-38(28-16-14-13-15-17-28)23-25-19-27(34(4,5)6)21-30(32(25)40)36(10,11)12;2*3-2(4,5)1(6)7;/h18-23,28H,13-17H2,1-12H3,(H,37,39);2*(H,6,7);/p-1. The molecule has 0 heterocycles. The molecule has 15 heteroatoms. The number of alkyl halides is 6. The first-order chi connectivity index (χ1) is 24.1. The van der Waals surface area contributed by atoms with E-state index in [1.807, 2.05) is 17.1 Å². The van der Waals surface area contributed by atoms with Crippen LogP contribution in [0.4, 0.5) is 26.3 Å². The third-order valence-electron chi connectivity index (χ3n) is 8.64. The fraction of sp³-hybridized carbons (Fsp3) is 0.600. The smallest absolute Gasteiger partial charge is 0.430 e. The predicted octanol–water partition coefficient (Wildman–Crippen LogP) is 7.68. The van der Waals surface area contributed by atoms with Gasteiger partial charge in [-0.05, 0) is 62.9 Å². The summed E-state index contributed by atoms with van der Waals surface area (Å²) in [7, 11) is 0. The normalized spacial score (nSPS) is 15.0. The van der Waals surface area contributed by atoms with Crippen molar-refractivity contribution in [1.29, 1.82) is 0 Å². The molecule has 1 aliphatic rings. The van der Waals surface area contributed by atoms with Crippen LogP contribution in [0, 0.1) is 0 Å². The number of halogens is 6. The van der Waals surface area contributed by atoms with Crippen molar-refractivity contribution in [2.45, 2.75) is 155 Å². The molecule has 3 rings (SSSR count). The van der Waals surface area contributed by atoms with E-state index in [0.717, 1.165) is 35.1 Å². The van der Waals surface area contributed by atoms with Crippen molar-refractivity contribution in [3.05, 3.63) is 57.6 Å². The Morgan fingerprint density at radius 3 is 1.27 bits per heavy atom. The van der Waals surface area contributed by atoms with E-state index in [1.54, 1.807) is 0 Å². The van der Waals surface area contributed by atoms with Gasteiger partial charge >= 0.3 is 12.4 Å². The number of nitrogens with zero attached hydrogens (tertiary/aromatic N) is 2. The second-order valence-corrected chi connectivity index (χ2v) is 17.5. The van der Waals surface area contributed by atoms with Crippen molar-refractivity contribution in [2.24, 2.45) is 5.10 Å². The number of carbonyl (C=O) groups excluding carboxylic acids is 2. The average Bonchev–Trinajstić information content (AvgIpc) is 2.98. The molecule has 55 heavy (non-hydrogen) atoms. The maximum Gasteiger partial charge on any atom is 0.430 e. The Labute approximate surface area is 330 Å². The molecule has 0 amide bonds. The minimum atomic E-state index is -5.19. The van der Waals surface area contributed by atoms with Gasteiger partial charge in [-0.15, -0.1) is 0 Å². The molecule has 0 saturated heterocycles. The van der Waals surface area contributed by atoms with E-state index in [4.69, 9.17) is 24.9 Å². The molecule has 2 aromatic carbocycles. The maximum atomic E-state index is 11.5. The van der Waals surface area contributed by atoms with Gasteiger partial charge in [-0.3, -0.25) is 0 Å². The summed E-state index contributed by atoms with van der Waals surface area (Å²) in [5.74, 6) is -5.40. The van der Waals surface area contributed by atoms with E-state index < -0.39 is 24.3 Å². The summed E-state index contributed by atoms with van der Waals surface area (Å²) in [6.45, 7) is 26.1. The van der Waals surface area contributed by atoms with Crippen LogP contribution in [0.1, 0.15) is 149 Å². The third-order valence-corrected chi connectivity index (χ3v) is 8.64. The van der Waals surface area contributed by atoms with E-state index >= 15 is 0 Å². The van der Waals surface area contributed by atoms with Gasteiger partial charge in [0.15, 0.2) is 6.04 Å². The van der Waals surface area contributed by atoms with Crippen LogP contribution >= 0.6 is 0 Å². The topological polar surface area (TPSA) is 136 Å². The number of phenolic OH excluding ortho intramolecular Hbond substituents is 2. The van der Waals surface area contributed by atoms with Gasteiger partial charge in [-0.2, -0.15) is 26.3 Å². The molecule has 1 radical (unpaired) electrons. The second kappa shape index (κ2) is 19.0. The fourth-order valence-corrected chi connectivity index (χ4v) is 5.37. The van der Waals surface area contributed by atoms with E-state index in [9.17, 15) is 36.6 Å². The van der Waals surface area contributed by atoms with Crippen LogP contribution in [-0.4, -0.2) is 57.7 Å². The average molecular weight is 833 g/mol. The van der Waals surface area contributed by atoms with Crippen LogP contribution in [0.2, 0.25) is 0 Å². The maximum absolute atomic E-state index is 11.5. The molecular weight excluding hydrogens is 777 g/mol. The molecular formula is C40H55CoF6N2O6-. The first-order valence-corrected chi connectivity index (χ1v) is 17.6. The molecule has 2 N–H and O–H groups in total. The first kappa shape index (κ1) is 51.4. The Bertz CT molecular complexity index is 1660. The molecule has 8 nitrogen and oxygen atoms in total. The first-order valence-electron chi connectivity index (χ1n) is 17.6. The number of aliphatic carboxylic acids is 2. The quantitative estimate of drug-likeness (QED) is 0.141. The summed E-state index contributed by atoms with van der Waals surface area (Å²) < 4.78 is 65.1. The Kier molecular flexibility index (Phi) is 17.8. The zero-order chi connectivity index (χ0) is 42.4. The summed E-state index contributed by atoms with van der Waals surface area (Å²) in [5, 5.41) is 45.5. The summed E-state index contributed by atoms with van der Waals surface area (Å²) in [4.78, 5) is 17.6. The van der Waals surface area contributed by atoms with Gasteiger partial charge in [0.05, 0.1) is 5.56 Å². The van der Waals surface area contributed by atoms with Crippen molar-refractivity contribution in [1.82, 2.24) is 0 Å². The Hall–Kier alpha value is -3.59. The summed E-state index contributed by atoms with van der Waals surface area (Å²) in [5.41, 5.74) is 5.25. The Morgan fingerprint density at radius 2 is 0.964 bits per heavy atom. The molecule has 0 spiro atoms. The van der Waals surface area contributed by atoms with Gasteiger partial charge in [-0.25, -0.2) is 0 Å². The van der Waals surface area contributed by atoms with Crippen LogP contribution in [0.25, 0.3) is 0 Å². The van der Waals surface area contributed by atoms with Crippen molar-refractivity contribution in [2.75, 3.05) is 0 Å². The molecule has 0 aliphatic heterocycles. The van der Waals surface area contributed by atoms with E-state index in [2.05, 4.69) is 107 Å². The Morgan fingerprint density at radius 1 is 0.636 bits per heavy atom. The third kappa shape index (κ3) is 16.2. The second-order valence-electron chi connectivity index (χ2n) is 17.5. The van der Waals surface area contributed by atoms with Crippen LogP contribution in [0.15, 0.2) is 29.4 Å². The number of hydrogen-bond donors (Lipinski definition) is 2. The van der Waals surface area contributed by atoms with Crippen LogP contribution < -0.4 is 10.2 Å². The van der Waals surface area contributed by atoms with Crippen molar-refractivity contribution >= 4 is 24.4 Å². The Balaban J connectivity index is 0.00000165. The zero-order valence-corrected chi connectivity index (χ0v) is 34.6. The molecule has 0 bridgehead atoms. The fourth-order valence-electron chi connectivity index (χ4n) is 5.37. The molecule has 1 fully saturated rings. The van der Waals surface area contributed by atoms with Crippen molar-refractivity contribution in [3.8, 4) is 11.5 Å². The molecule has 0 aromatic heterocycles. The molecule has 1 saturated carbocycles. The summed E-state index contributed by atoms with van der Waals surface area (Å²) >= 11 is 0. The van der Waals surface area contributed by atoms with Crippen LogP contribution in [0.3, 0.4) is 0 Å². The molecule has 2 aromatic rings. The van der Waals surface area contributed by atoms with Gasteiger partial charge in [-0.1, -0.05) is 106 Å². The number of aromatic hydroxyl groups is 2. The largest absolute Gasteiger partial charge is 0.542 e. The van der Waals surface area contributed by atoms with E-state index in [1.165, 1.54) is 30.4 Å². The number of carboxylic acids is 2. The minimum Gasteiger partial charge on any atom is -0.542 e. The number of hydrogen-bond acceptors (Lipinski definition) is 7. The monoisotopic (exact) mass is 832 g/mol.